The first-order valence-corrected chi connectivity index (χ1v) is 8.31. The number of amidine groups is 1. The molecule has 0 spiro atoms. The molecule has 134 valence electrons. The SMILES string of the molecule is CC(=O)C(C)N1C(=O)C2C(N=C3OC(c4ccccc4)=CN32)N(C)C1=O. The summed E-state index contributed by atoms with van der Waals surface area (Å²) in [5.41, 5.74) is 0.864. The fraction of sp³-hybridized carbons (Fsp3) is 0.333. The highest BCUT2D eigenvalue weighted by Gasteiger charge is 2.55. The van der Waals surface area contributed by atoms with Gasteiger partial charge in [0.05, 0.1) is 12.2 Å². The second-order valence-electron chi connectivity index (χ2n) is 6.53. The number of ether oxygens (including phenoxy) is 1. The maximum Gasteiger partial charge on any atom is 0.328 e. The summed E-state index contributed by atoms with van der Waals surface area (Å²) in [6.45, 7) is 2.91. The molecular formula is C18H18N4O4. The van der Waals surface area contributed by atoms with Crippen LogP contribution in [-0.2, 0) is 14.3 Å². The van der Waals surface area contributed by atoms with E-state index in [1.165, 1.54) is 11.8 Å². The van der Waals surface area contributed by atoms with E-state index in [1.54, 1.807) is 25.1 Å². The van der Waals surface area contributed by atoms with Gasteiger partial charge in [-0.1, -0.05) is 30.3 Å². The normalized spacial score (nSPS) is 25.4. The monoisotopic (exact) mass is 354 g/mol. The molecule has 4 rings (SSSR count). The number of carbonyl (C=O) groups excluding carboxylic acids is 3. The Labute approximate surface area is 150 Å². The van der Waals surface area contributed by atoms with Crippen LogP contribution in [0.1, 0.15) is 19.4 Å². The molecule has 3 atom stereocenters. The van der Waals surface area contributed by atoms with E-state index in [0.717, 1.165) is 10.5 Å². The zero-order valence-corrected chi connectivity index (χ0v) is 14.6. The number of benzene rings is 1. The van der Waals surface area contributed by atoms with E-state index in [0.29, 0.717) is 5.76 Å². The van der Waals surface area contributed by atoms with E-state index >= 15 is 0 Å². The molecule has 0 saturated carbocycles. The molecule has 1 fully saturated rings. The van der Waals surface area contributed by atoms with Crippen LogP contribution in [0.3, 0.4) is 0 Å². The predicted molar refractivity (Wildman–Crippen MR) is 92.5 cm³/mol. The lowest BCUT2D eigenvalue weighted by molar-refractivity contribution is -0.142. The van der Waals surface area contributed by atoms with Gasteiger partial charge in [-0.2, -0.15) is 0 Å². The van der Waals surface area contributed by atoms with Crippen molar-refractivity contribution in [3.05, 3.63) is 42.1 Å². The number of likely N-dealkylation sites (N-methyl/N-ethyl adjacent to an activating group) is 1. The Morgan fingerprint density at radius 2 is 1.92 bits per heavy atom. The molecule has 8 heteroatoms. The number of fused-ring (bicyclic) bond motifs is 3. The molecular weight excluding hydrogens is 336 g/mol. The van der Waals surface area contributed by atoms with Gasteiger partial charge in [0.1, 0.15) is 0 Å². The van der Waals surface area contributed by atoms with Gasteiger partial charge < -0.3 is 9.64 Å². The van der Waals surface area contributed by atoms with Crippen LogP contribution in [0.2, 0.25) is 0 Å². The molecule has 3 unspecified atom stereocenters. The number of carbonyl (C=O) groups is 3. The van der Waals surface area contributed by atoms with E-state index in [1.807, 2.05) is 30.3 Å². The third-order valence-corrected chi connectivity index (χ3v) is 4.93. The number of aliphatic imine (C=N–C) groups is 1. The van der Waals surface area contributed by atoms with Crippen LogP contribution in [0.5, 0.6) is 0 Å². The van der Waals surface area contributed by atoms with Gasteiger partial charge in [0.15, 0.2) is 23.8 Å². The van der Waals surface area contributed by atoms with Crippen molar-refractivity contribution in [1.29, 1.82) is 0 Å². The second kappa shape index (κ2) is 5.69. The van der Waals surface area contributed by atoms with Crippen LogP contribution in [0.15, 0.2) is 41.5 Å². The van der Waals surface area contributed by atoms with Gasteiger partial charge in [-0.05, 0) is 13.8 Å². The number of urea groups is 1. The molecule has 3 aliphatic heterocycles. The molecule has 0 radical (unpaired) electrons. The highest BCUT2D eigenvalue weighted by atomic mass is 16.5. The van der Waals surface area contributed by atoms with Gasteiger partial charge in [-0.15, -0.1) is 0 Å². The van der Waals surface area contributed by atoms with Crippen LogP contribution in [-0.4, -0.2) is 63.7 Å². The van der Waals surface area contributed by atoms with Gasteiger partial charge in [0, 0.05) is 12.6 Å². The number of Topliss-reactive ketones (excluding diaryl/α,β-unsaturated/α-hetero) is 1. The summed E-state index contributed by atoms with van der Waals surface area (Å²) in [4.78, 5) is 45.8. The van der Waals surface area contributed by atoms with E-state index in [4.69, 9.17) is 4.74 Å². The van der Waals surface area contributed by atoms with Gasteiger partial charge in [-0.25, -0.2) is 9.79 Å². The van der Waals surface area contributed by atoms with E-state index < -0.39 is 30.2 Å². The molecule has 1 aromatic rings. The number of hydrogen-bond donors (Lipinski definition) is 0. The number of nitrogens with zero attached hydrogens (tertiary/aromatic N) is 4. The average Bonchev–Trinajstić information content (AvgIpc) is 3.18. The fourth-order valence-electron chi connectivity index (χ4n) is 3.32. The Balaban J connectivity index is 1.69. The van der Waals surface area contributed by atoms with Gasteiger partial charge in [0.2, 0.25) is 0 Å². The highest BCUT2D eigenvalue weighted by molar-refractivity contribution is 6.07. The van der Waals surface area contributed by atoms with Crippen molar-refractivity contribution in [1.82, 2.24) is 14.7 Å². The summed E-state index contributed by atoms with van der Waals surface area (Å²) in [6.07, 6.45) is 1.05. The van der Waals surface area contributed by atoms with Crippen molar-refractivity contribution >= 4 is 29.5 Å². The van der Waals surface area contributed by atoms with Gasteiger partial charge in [-0.3, -0.25) is 19.4 Å². The quantitative estimate of drug-likeness (QED) is 0.816. The highest BCUT2D eigenvalue weighted by Crippen LogP contribution is 2.35. The lowest BCUT2D eigenvalue weighted by Gasteiger charge is -2.41. The fourth-order valence-corrected chi connectivity index (χ4v) is 3.32. The first kappa shape index (κ1) is 16.3. The first-order valence-electron chi connectivity index (χ1n) is 8.31. The van der Waals surface area contributed by atoms with E-state index in [2.05, 4.69) is 4.99 Å². The summed E-state index contributed by atoms with van der Waals surface area (Å²) < 4.78 is 5.80. The zero-order chi connectivity index (χ0) is 18.6. The van der Waals surface area contributed by atoms with Gasteiger partial charge >= 0.3 is 6.03 Å². The van der Waals surface area contributed by atoms with Crippen molar-refractivity contribution in [2.24, 2.45) is 4.99 Å². The second-order valence-corrected chi connectivity index (χ2v) is 6.53. The molecule has 0 N–H and O–H groups in total. The number of imide groups is 1. The Kier molecular flexibility index (Phi) is 3.57. The zero-order valence-electron chi connectivity index (χ0n) is 14.6. The minimum atomic E-state index is -0.830. The average molecular weight is 354 g/mol. The van der Waals surface area contributed by atoms with Gasteiger partial charge in [0.25, 0.3) is 11.9 Å². The lowest BCUT2D eigenvalue weighted by atomic mass is 10.1. The summed E-state index contributed by atoms with van der Waals surface area (Å²) >= 11 is 0. The molecule has 3 heterocycles. The topological polar surface area (TPSA) is 82.5 Å². The Bertz CT molecular complexity index is 863. The van der Waals surface area contributed by atoms with Crippen molar-refractivity contribution in [2.75, 3.05) is 7.05 Å². The van der Waals surface area contributed by atoms with E-state index in [-0.39, 0.29) is 11.8 Å². The minimum absolute atomic E-state index is 0.254. The predicted octanol–water partition coefficient (Wildman–Crippen LogP) is 1.25. The lowest BCUT2D eigenvalue weighted by Crippen LogP contribution is -2.66. The standard InChI is InChI=1S/C18H18N4O4/c1-10(11(2)23)22-16(24)14-15(20(3)18(22)25)19-17-21(14)9-13(26-17)12-7-5-4-6-8-12/h4-10,14-15H,1-3H3. The van der Waals surface area contributed by atoms with E-state index in [9.17, 15) is 14.4 Å². The third kappa shape index (κ3) is 2.22. The summed E-state index contributed by atoms with van der Waals surface area (Å²) in [5.74, 6) is -0.120. The molecule has 3 amide bonds. The summed E-state index contributed by atoms with van der Waals surface area (Å²) in [5, 5.41) is 0. The maximum atomic E-state index is 13.0. The number of amides is 3. The summed E-state index contributed by atoms with van der Waals surface area (Å²) in [7, 11) is 1.57. The molecule has 1 saturated heterocycles. The van der Waals surface area contributed by atoms with Crippen molar-refractivity contribution in [3.63, 3.8) is 0 Å². The Morgan fingerprint density at radius 3 is 2.58 bits per heavy atom. The molecule has 1 aromatic carbocycles. The van der Waals surface area contributed by atoms with Crippen LogP contribution >= 0.6 is 0 Å². The molecule has 0 aromatic heterocycles. The van der Waals surface area contributed by atoms with Crippen LogP contribution < -0.4 is 0 Å². The van der Waals surface area contributed by atoms with Crippen molar-refractivity contribution in [3.8, 4) is 0 Å². The number of rotatable bonds is 3. The van der Waals surface area contributed by atoms with Crippen LogP contribution in [0.25, 0.3) is 5.76 Å². The van der Waals surface area contributed by atoms with Crippen LogP contribution in [0, 0.1) is 0 Å². The first-order chi connectivity index (χ1) is 12.4. The molecule has 0 bridgehead atoms. The van der Waals surface area contributed by atoms with Crippen LogP contribution in [0.4, 0.5) is 4.79 Å². The molecule has 3 aliphatic rings. The number of ketones is 1. The number of hydrogen-bond acceptors (Lipinski definition) is 6. The Hall–Kier alpha value is -3.16. The minimum Gasteiger partial charge on any atom is -0.423 e. The third-order valence-electron chi connectivity index (χ3n) is 4.93. The Morgan fingerprint density at radius 1 is 1.23 bits per heavy atom. The molecule has 0 aliphatic carbocycles. The molecule has 26 heavy (non-hydrogen) atoms. The largest absolute Gasteiger partial charge is 0.423 e. The summed E-state index contributed by atoms with van der Waals surface area (Å²) in [6, 6.07) is 7.66. The molecule has 8 nitrogen and oxygen atoms in total. The van der Waals surface area contributed by atoms with Crippen molar-refractivity contribution < 1.29 is 19.1 Å². The van der Waals surface area contributed by atoms with Crippen molar-refractivity contribution in [2.45, 2.75) is 32.1 Å². The smallest absolute Gasteiger partial charge is 0.328 e. The maximum absolute atomic E-state index is 13.0.